The van der Waals surface area contributed by atoms with Crippen molar-refractivity contribution in [1.82, 2.24) is 4.90 Å². The Kier molecular flexibility index (Phi) is 5.00. The fourth-order valence-corrected chi connectivity index (χ4v) is 2.89. The highest BCUT2D eigenvalue weighted by Gasteiger charge is 2.28. The molecule has 0 aromatic heterocycles. The van der Waals surface area contributed by atoms with Gasteiger partial charge in [-0.25, -0.2) is 0 Å². The molecule has 0 radical (unpaired) electrons. The summed E-state index contributed by atoms with van der Waals surface area (Å²) in [6.07, 6.45) is 4.02. The molecule has 2 nitrogen and oxygen atoms in total. The minimum absolute atomic E-state index is 0.389. The van der Waals surface area contributed by atoms with Crippen molar-refractivity contribution in [1.29, 1.82) is 0 Å². The molecule has 0 bridgehead atoms. The van der Waals surface area contributed by atoms with Gasteiger partial charge in [-0.15, -0.1) is 0 Å². The molecule has 1 aromatic rings. The highest BCUT2D eigenvalue weighted by molar-refractivity contribution is 5.33. The number of nitrogens with zero attached hydrogens (tertiary/aromatic N) is 1. The van der Waals surface area contributed by atoms with Crippen molar-refractivity contribution >= 4 is 0 Å². The zero-order chi connectivity index (χ0) is 13.8. The van der Waals surface area contributed by atoms with E-state index in [9.17, 15) is 0 Å². The first-order valence-electron chi connectivity index (χ1n) is 7.67. The molecule has 2 N–H and O–H groups in total. The lowest BCUT2D eigenvalue weighted by Crippen LogP contribution is -2.36. The van der Waals surface area contributed by atoms with Gasteiger partial charge in [0.2, 0.25) is 0 Å². The molecule has 106 valence electrons. The number of nitrogens with two attached hydrogens (primary N) is 1. The molecule has 1 atom stereocenters. The van der Waals surface area contributed by atoms with Crippen molar-refractivity contribution in [3.8, 4) is 0 Å². The molecule has 1 saturated carbocycles. The van der Waals surface area contributed by atoms with Crippen molar-refractivity contribution in [3.05, 3.63) is 34.9 Å². The largest absolute Gasteiger partial charge is 0.329 e. The number of hydrogen-bond donors (Lipinski definition) is 1. The van der Waals surface area contributed by atoms with Crippen LogP contribution < -0.4 is 5.73 Å². The lowest BCUT2D eigenvalue weighted by Gasteiger charge is -2.32. The average Bonchev–Trinajstić information content (AvgIpc) is 3.18. The third kappa shape index (κ3) is 3.80. The number of rotatable bonds is 7. The van der Waals surface area contributed by atoms with Crippen LogP contribution in [0.1, 0.15) is 48.9 Å². The van der Waals surface area contributed by atoms with Crippen LogP contribution in [0, 0.1) is 19.8 Å². The van der Waals surface area contributed by atoms with Gasteiger partial charge in [-0.2, -0.15) is 0 Å². The van der Waals surface area contributed by atoms with Gasteiger partial charge >= 0.3 is 0 Å². The minimum atomic E-state index is 0.389. The summed E-state index contributed by atoms with van der Waals surface area (Å²) in [5.41, 5.74) is 10.2. The van der Waals surface area contributed by atoms with Gasteiger partial charge in [-0.05, 0) is 56.7 Å². The zero-order valence-corrected chi connectivity index (χ0v) is 12.7. The standard InChI is InChI=1S/C17H28N2/c1-4-9-19(12-15-7-8-15)17(11-18)16-10-13(2)5-6-14(16)3/h5-6,10,15,17H,4,7-9,11-12,18H2,1-3H3. The molecule has 0 amide bonds. The molecule has 0 spiro atoms. The smallest absolute Gasteiger partial charge is 0.0473 e. The monoisotopic (exact) mass is 260 g/mol. The first kappa shape index (κ1) is 14.5. The molecule has 0 heterocycles. The molecule has 1 aliphatic rings. The Morgan fingerprint density at radius 1 is 1.32 bits per heavy atom. The van der Waals surface area contributed by atoms with Crippen LogP contribution in [-0.4, -0.2) is 24.5 Å². The van der Waals surface area contributed by atoms with Crippen LogP contribution >= 0.6 is 0 Å². The van der Waals surface area contributed by atoms with Crippen LogP contribution in [-0.2, 0) is 0 Å². The maximum atomic E-state index is 6.11. The van der Waals surface area contributed by atoms with Gasteiger partial charge in [0.05, 0.1) is 0 Å². The summed E-state index contributed by atoms with van der Waals surface area (Å²) in [5, 5.41) is 0. The van der Waals surface area contributed by atoms with Gasteiger partial charge in [0.25, 0.3) is 0 Å². The summed E-state index contributed by atoms with van der Waals surface area (Å²) in [4.78, 5) is 2.61. The van der Waals surface area contributed by atoms with Crippen molar-refractivity contribution in [2.75, 3.05) is 19.6 Å². The Hall–Kier alpha value is -0.860. The maximum Gasteiger partial charge on any atom is 0.0473 e. The van der Waals surface area contributed by atoms with Crippen LogP contribution in [0.2, 0.25) is 0 Å². The summed E-state index contributed by atoms with van der Waals surface area (Å²) >= 11 is 0. The maximum absolute atomic E-state index is 6.11. The second-order valence-electron chi connectivity index (χ2n) is 6.05. The molecule has 19 heavy (non-hydrogen) atoms. The Balaban J connectivity index is 2.21. The summed E-state index contributed by atoms with van der Waals surface area (Å²) in [6, 6.07) is 7.13. The first-order chi connectivity index (χ1) is 9.15. The topological polar surface area (TPSA) is 29.3 Å². The fourth-order valence-electron chi connectivity index (χ4n) is 2.89. The van der Waals surface area contributed by atoms with Crippen LogP contribution in [0.15, 0.2) is 18.2 Å². The van der Waals surface area contributed by atoms with E-state index in [0.717, 1.165) is 19.0 Å². The van der Waals surface area contributed by atoms with E-state index < -0.39 is 0 Å². The predicted molar refractivity (Wildman–Crippen MR) is 82.3 cm³/mol. The van der Waals surface area contributed by atoms with E-state index in [1.807, 2.05) is 0 Å². The summed E-state index contributed by atoms with van der Waals surface area (Å²) in [6.45, 7) is 9.74. The molecule has 1 fully saturated rings. The zero-order valence-electron chi connectivity index (χ0n) is 12.7. The molecule has 2 heteroatoms. The van der Waals surface area contributed by atoms with E-state index in [1.165, 1.54) is 42.5 Å². The van der Waals surface area contributed by atoms with Crippen LogP contribution in [0.5, 0.6) is 0 Å². The average molecular weight is 260 g/mol. The molecule has 0 saturated heterocycles. The second-order valence-corrected chi connectivity index (χ2v) is 6.05. The molecule has 1 aromatic carbocycles. The van der Waals surface area contributed by atoms with Gasteiger partial charge in [-0.1, -0.05) is 30.7 Å². The molecular formula is C17H28N2. The van der Waals surface area contributed by atoms with Crippen molar-refractivity contribution in [2.24, 2.45) is 11.7 Å². The Bertz CT molecular complexity index is 410. The van der Waals surface area contributed by atoms with E-state index in [2.05, 4.69) is 43.9 Å². The Morgan fingerprint density at radius 3 is 2.63 bits per heavy atom. The third-order valence-electron chi connectivity index (χ3n) is 4.16. The number of aryl methyl sites for hydroxylation is 2. The Morgan fingerprint density at radius 2 is 2.05 bits per heavy atom. The van der Waals surface area contributed by atoms with E-state index in [1.54, 1.807) is 0 Å². The highest BCUT2D eigenvalue weighted by atomic mass is 15.2. The first-order valence-corrected chi connectivity index (χ1v) is 7.67. The fraction of sp³-hybridized carbons (Fsp3) is 0.647. The van der Waals surface area contributed by atoms with Gasteiger partial charge in [0.1, 0.15) is 0 Å². The van der Waals surface area contributed by atoms with Crippen LogP contribution in [0.4, 0.5) is 0 Å². The summed E-state index contributed by atoms with van der Waals surface area (Å²) in [7, 11) is 0. The predicted octanol–water partition coefficient (Wildman–Crippen LogP) is 3.43. The van der Waals surface area contributed by atoms with Crippen molar-refractivity contribution in [3.63, 3.8) is 0 Å². The Labute approximate surface area is 118 Å². The SMILES string of the molecule is CCCN(CC1CC1)C(CN)c1cc(C)ccc1C. The number of benzene rings is 1. The minimum Gasteiger partial charge on any atom is -0.329 e. The summed E-state index contributed by atoms with van der Waals surface area (Å²) in [5.74, 6) is 0.922. The van der Waals surface area contributed by atoms with Crippen molar-refractivity contribution in [2.45, 2.75) is 46.1 Å². The quantitative estimate of drug-likeness (QED) is 0.814. The van der Waals surface area contributed by atoms with E-state index >= 15 is 0 Å². The molecule has 2 rings (SSSR count). The lowest BCUT2D eigenvalue weighted by molar-refractivity contribution is 0.192. The van der Waals surface area contributed by atoms with Gasteiger partial charge in [0.15, 0.2) is 0 Å². The normalized spacial score (nSPS) is 16.9. The van der Waals surface area contributed by atoms with Gasteiger partial charge in [0, 0.05) is 19.1 Å². The third-order valence-corrected chi connectivity index (χ3v) is 4.16. The summed E-state index contributed by atoms with van der Waals surface area (Å²) < 4.78 is 0. The van der Waals surface area contributed by atoms with E-state index in [0.29, 0.717) is 6.04 Å². The van der Waals surface area contributed by atoms with Crippen molar-refractivity contribution < 1.29 is 0 Å². The molecule has 0 aliphatic heterocycles. The van der Waals surface area contributed by atoms with Crippen LogP contribution in [0.25, 0.3) is 0 Å². The molecule has 1 unspecified atom stereocenters. The second kappa shape index (κ2) is 6.53. The van der Waals surface area contributed by atoms with E-state index in [4.69, 9.17) is 5.73 Å². The molecule has 1 aliphatic carbocycles. The van der Waals surface area contributed by atoms with Gasteiger partial charge in [-0.3, -0.25) is 4.90 Å². The van der Waals surface area contributed by atoms with Crippen LogP contribution in [0.3, 0.4) is 0 Å². The van der Waals surface area contributed by atoms with Gasteiger partial charge < -0.3 is 5.73 Å². The lowest BCUT2D eigenvalue weighted by atomic mass is 9.97. The number of hydrogen-bond acceptors (Lipinski definition) is 2. The molecular weight excluding hydrogens is 232 g/mol. The highest BCUT2D eigenvalue weighted by Crippen LogP contribution is 2.33. The van der Waals surface area contributed by atoms with E-state index in [-0.39, 0.29) is 0 Å².